The first-order valence-corrected chi connectivity index (χ1v) is 11.3. The van der Waals surface area contributed by atoms with Crippen molar-refractivity contribution < 1.29 is 18.3 Å². The number of nitrogens with one attached hydrogen (secondary N) is 1. The van der Waals surface area contributed by atoms with Crippen LogP contribution in [0.15, 0.2) is 87.2 Å². The van der Waals surface area contributed by atoms with Crippen molar-refractivity contribution in [3.63, 3.8) is 0 Å². The first-order chi connectivity index (χ1) is 16.5. The molecule has 0 saturated carbocycles. The van der Waals surface area contributed by atoms with Crippen molar-refractivity contribution in [3.8, 4) is 11.4 Å². The fraction of sp³-hybridized carbons (Fsp3) is 0.0800. The number of halogens is 1. The quantitative estimate of drug-likeness (QED) is 0.274. The van der Waals surface area contributed by atoms with Crippen LogP contribution in [0.4, 0.5) is 10.1 Å². The Bertz CT molecular complexity index is 1590. The van der Waals surface area contributed by atoms with Crippen LogP contribution in [0, 0.1) is 5.82 Å². The number of methoxy groups -OCH3 is 1. The van der Waals surface area contributed by atoms with E-state index < -0.39 is 17.3 Å². The van der Waals surface area contributed by atoms with E-state index in [2.05, 4.69) is 10.3 Å². The number of furan rings is 1. The second-order valence-corrected chi connectivity index (χ2v) is 8.27. The minimum absolute atomic E-state index is 0.0857. The Morgan fingerprint density at radius 2 is 1.91 bits per heavy atom. The summed E-state index contributed by atoms with van der Waals surface area (Å²) in [6.07, 6.45) is 0. The zero-order valence-electron chi connectivity index (χ0n) is 17.9. The van der Waals surface area contributed by atoms with E-state index in [9.17, 15) is 14.0 Å². The third-order valence-corrected chi connectivity index (χ3v) is 6.10. The van der Waals surface area contributed by atoms with Gasteiger partial charge in [0.2, 0.25) is 11.5 Å². The maximum atomic E-state index is 13.9. The van der Waals surface area contributed by atoms with E-state index in [0.29, 0.717) is 33.1 Å². The number of para-hydroxylation sites is 2. The van der Waals surface area contributed by atoms with Crippen molar-refractivity contribution in [3.05, 3.63) is 89.0 Å². The Hall–Kier alpha value is -4.11. The first-order valence-electron chi connectivity index (χ1n) is 10.3. The normalized spacial score (nSPS) is 11.1. The molecule has 0 spiro atoms. The molecule has 0 aliphatic rings. The number of aromatic nitrogens is 2. The van der Waals surface area contributed by atoms with E-state index in [1.165, 1.54) is 23.8 Å². The molecule has 0 radical (unpaired) electrons. The summed E-state index contributed by atoms with van der Waals surface area (Å²) in [6, 6.07) is 20.1. The highest BCUT2D eigenvalue weighted by molar-refractivity contribution is 7.99. The Balaban J connectivity index is 1.58. The minimum Gasteiger partial charge on any atom is -0.497 e. The number of ether oxygens (including phenoxy) is 1. The molecule has 0 atom stereocenters. The van der Waals surface area contributed by atoms with Gasteiger partial charge in [-0.1, -0.05) is 42.1 Å². The van der Waals surface area contributed by atoms with Gasteiger partial charge in [0.1, 0.15) is 22.7 Å². The minimum atomic E-state index is -0.529. The molecule has 3 aromatic carbocycles. The summed E-state index contributed by atoms with van der Waals surface area (Å²) >= 11 is 1.06. The van der Waals surface area contributed by atoms with Crippen LogP contribution in [-0.4, -0.2) is 28.3 Å². The summed E-state index contributed by atoms with van der Waals surface area (Å²) in [5.74, 6) is -0.494. The number of nitrogens with zero attached hydrogens (tertiary/aromatic N) is 2. The third-order valence-electron chi connectivity index (χ3n) is 5.16. The maximum Gasteiger partial charge on any atom is 0.302 e. The maximum absolute atomic E-state index is 13.9. The Kier molecular flexibility index (Phi) is 5.77. The number of benzene rings is 3. The van der Waals surface area contributed by atoms with Crippen LogP contribution in [0.3, 0.4) is 0 Å². The van der Waals surface area contributed by atoms with Crippen LogP contribution < -0.4 is 15.6 Å². The lowest BCUT2D eigenvalue weighted by Crippen LogP contribution is -2.22. The summed E-state index contributed by atoms with van der Waals surface area (Å²) in [5.41, 5.74) is 1.25. The number of carbonyl (C=O) groups is 1. The van der Waals surface area contributed by atoms with Crippen molar-refractivity contribution in [1.29, 1.82) is 0 Å². The summed E-state index contributed by atoms with van der Waals surface area (Å²) in [4.78, 5) is 30.8. The van der Waals surface area contributed by atoms with Gasteiger partial charge in [0.05, 0.1) is 24.2 Å². The third kappa shape index (κ3) is 4.01. The second kappa shape index (κ2) is 9.03. The molecule has 2 heterocycles. The van der Waals surface area contributed by atoms with Crippen molar-refractivity contribution in [2.24, 2.45) is 0 Å². The fourth-order valence-electron chi connectivity index (χ4n) is 3.57. The molecule has 170 valence electrons. The summed E-state index contributed by atoms with van der Waals surface area (Å²) in [5, 5.41) is 3.54. The van der Waals surface area contributed by atoms with Gasteiger partial charge in [-0.2, -0.15) is 0 Å². The van der Waals surface area contributed by atoms with E-state index in [0.717, 1.165) is 11.8 Å². The van der Waals surface area contributed by atoms with Gasteiger partial charge in [-0.05, 0) is 36.4 Å². The molecule has 0 aliphatic heterocycles. The van der Waals surface area contributed by atoms with Gasteiger partial charge in [-0.3, -0.25) is 14.2 Å². The standard InChI is InChI=1S/C25H18FN3O4S/c1-32-16-8-6-7-15(13-16)29-24(31)23-22(17-9-2-5-12-20(17)33-23)28-25(29)34-14-21(30)27-19-11-4-3-10-18(19)26/h2-13H,14H2,1H3,(H,27,30). The monoisotopic (exact) mass is 475 g/mol. The molecule has 0 unspecified atom stereocenters. The average Bonchev–Trinajstić information content (AvgIpc) is 3.23. The average molecular weight is 476 g/mol. The topological polar surface area (TPSA) is 86.4 Å². The Labute approximate surface area is 197 Å². The van der Waals surface area contributed by atoms with Crippen molar-refractivity contribution in [2.45, 2.75) is 5.16 Å². The molecule has 0 saturated heterocycles. The first kappa shape index (κ1) is 21.7. The molecule has 0 fully saturated rings. The molecule has 0 bridgehead atoms. The lowest BCUT2D eigenvalue weighted by molar-refractivity contribution is -0.113. The van der Waals surface area contributed by atoms with Gasteiger partial charge in [0, 0.05) is 11.5 Å². The SMILES string of the molecule is COc1cccc(-n2c(SCC(=O)Nc3ccccc3F)nc3c(oc4ccccc43)c2=O)c1. The van der Waals surface area contributed by atoms with E-state index in [4.69, 9.17) is 9.15 Å². The van der Waals surface area contributed by atoms with Gasteiger partial charge in [0.25, 0.3) is 0 Å². The largest absolute Gasteiger partial charge is 0.497 e. The van der Waals surface area contributed by atoms with Crippen molar-refractivity contribution in [2.75, 3.05) is 18.2 Å². The number of fused-ring (bicyclic) bond motifs is 3. The molecular formula is C25H18FN3O4S. The summed E-state index contributed by atoms with van der Waals surface area (Å²) < 4.78 is 26.4. The molecule has 2 aromatic heterocycles. The van der Waals surface area contributed by atoms with Crippen LogP contribution in [0.1, 0.15) is 0 Å². The predicted octanol–water partition coefficient (Wildman–Crippen LogP) is 5.01. The molecule has 7 nitrogen and oxygen atoms in total. The lowest BCUT2D eigenvalue weighted by atomic mass is 10.2. The molecule has 1 N–H and O–H groups in total. The number of carbonyl (C=O) groups excluding carboxylic acids is 1. The van der Waals surface area contributed by atoms with Crippen LogP contribution in [0.5, 0.6) is 5.75 Å². The van der Waals surface area contributed by atoms with E-state index in [-0.39, 0.29) is 17.0 Å². The summed E-state index contributed by atoms with van der Waals surface area (Å²) in [6.45, 7) is 0. The van der Waals surface area contributed by atoms with E-state index in [1.54, 1.807) is 42.5 Å². The van der Waals surface area contributed by atoms with Gasteiger partial charge in [0.15, 0.2) is 5.16 Å². The van der Waals surface area contributed by atoms with E-state index >= 15 is 0 Å². The molecule has 1 amide bonds. The number of hydrogen-bond donors (Lipinski definition) is 1. The van der Waals surface area contributed by atoms with Crippen LogP contribution in [0.2, 0.25) is 0 Å². The zero-order chi connectivity index (χ0) is 23.7. The van der Waals surface area contributed by atoms with Crippen molar-refractivity contribution >= 4 is 45.4 Å². The van der Waals surface area contributed by atoms with Gasteiger partial charge < -0.3 is 14.5 Å². The molecule has 5 aromatic rings. The predicted molar refractivity (Wildman–Crippen MR) is 129 cm³/mol. The second-order valence-electron chi connectivity index (χ2n) is 7.33. The number of anilines is 1. The molecular weight excluding hydrogens is 457 g/mol. The van der Waals surface area contributed by atoms with E-state index in [1.807, 2.05) is 18.2 Å². The van der Waals surface area contributed by atoms with Gasteiger partial charge in [-0.25, -0.2) is 9.37 Å². The number of amides is 1. The number of rotatable bonds is 6. The highest BCUT2D eigenvalue weighted by Gasteiger charge is 2.20. The van der Waals surface area contributed by atoms with Crippen LogP contribution in [0.25, 0.3) is 27.8 Å². The highest BCUT2D eigenvalue weighted by Crippen LogP contribution is 2.29. The van der Waals surface area contributed by atoms with Gasteiger partial charge in [-0.15, -0.1) is 0 Å². The number of hydrogen-bond acceptors (Lipinski definition) is 6. The molecule has 5 rings (SSSR count). The Morgan fingerprint density at radius 3 is 2.74 bits per heavy atom. The van der Waals surface area contributed by atoms with Crippen LogP contribution in [-0.2, 0) is 4.79 Å². The van der Waals surface area contributed by atoms with Crippen molar-refractivity contribution in [1.82, 2.24) is 9.55 Å². The fourth-order valence-corrected chi connectivity index (χ4v) is 4.38. The molecule has 0 aliphatic carbocycles. The highest BCUT2D eigenvalue weighted by atomic mass is 32.2. The number of thioether (sulfide) groups is 1. The zero-order valence-corrected chi connectivity index (χ0v) is 18.8. The Morgan fingerprint density at radius 1 is 1.12 bits per heavy atom. The lowest BCUT2D eigenvalue weighted by Gasteiger charge is -2.13. The van der Waals surface area contributed by atoms with Crippen LogP contribution >= 0.6 is 11.8 Å². The van der Waals surface area contributed by atoms with Gasteiger partial charge >= 0.3 is 5.56 Å². The smallest absolute Gasteiger partial charge is 0.302 e. The summed E-state index contributed by atoms with van der Waals surface area (Å²) in [7, 11) is 1.53. The molecule has 9 heteroatoms. The molecule has 34 heavy (non-hydrogen) atoms.